The molecule has 0 radical (unpaired) electrons. The van der Waals surface area contributed by atoms with Crippen LogP contribution in [0.4, 0.5) is 0 Å². The topological polar surface area (TPSA) is 77.4 Å². The fourth-order valence-electron chi connectivity index (χ4n) is 2.03. The van der Waals surface area contributed by atoms with E-state index in [1.165, 1.54) is 7.11 Å². The van der Waals surface area contributed by atoms with Crippen LogP contribution >= 0.6 is 0 Å². The summed E-state index contributed by atoms with van der Waals surface area (Å²) in [5.41, 5.74) is 1.59. The molecule has 1 N–H and O–H groups in total. The Kier molecular flexibility index (Phi) is 4.05. The fourth-order valence-corrected chi connectivity index (χ4v) is 2.03. The number of pyridine rings is 1. The summed E-state index contributed by atoms with van der Waals surface area (Å²) in [7, 11) is 1.42. The molecule has 2 aromatic heterocycles. The Labute approximate surface area is 133 Å². The number of benzene rings is 1. The van der Waals surface area contributed by atoms with Crippen molar-refractivity contribution in [2.45, 2.75) is 6.92 Å². The van der Waals surface area contributed by atoms with Crippen LogP contribution in [0.3, 0.4) is 0 Å². The van der Waals surface area contributed by atoms with Crippen molar-refractivity contribution in [3.8, 4) is 34.8 Å². The minimum absolute atomic E-state index is 0.0168. The number of aromatic nitrogens is 3. The number of ether oxygens (including phenoxy) is 2. The monoisotopic (exact) mass is 309 g/mol. The van der Waals surface area contributed by atoms with Crippen LogP contribution in [-0.4, -0.2) is 27.2 Å². The molecule has 0 aliphatic heterocycles. The average Bonchev–Trinajstić information content (AvgIpc) is 2.57. The molecule has 0 fully saturated rings. The molecule has 0 bridgehead atoms. The molecular formula is C17H15N3O3. The number of hydrogen-bond acceptors (Lipinski definition) is 6. The van der Waals surface area contributed by atoms with Crippen molar-refractivity contribution in [1.82, 2.24) is 15.0 Å². The molecule has 2 heterocycles. The first-order valence-corrected chi connectivity index (χ1v) is 6.98. The third kappa shape index (κ3) is 3.21. The van der Waals surface area contributed by atoms with Gasteiger partial charge in [-0.15, -0.1) is 0 Å². The van der Waals surface area contributed by atoms with Gasteiger partial charge in [0.2, 0.25) is 5.75 Å². The van der Waals surface area contributed by atoms with Crippen LogP contribution in [0.25, 0.3) is 11.5 Å². The minimum Gasteiger partial charge on any atom is -0.499 e. The van der Waals surface area contributed by atoms with Gasteiger partial charge in [0.15, 0.2) is 5.82 Å². The maximum atomic E-state index is 10.2. The Morgan fingerprint density at radius 2 is 1.83 bits per heavy atom. The number of nitrogens with zero attached hydrogens (tertiary/aromatic N) is 3. The normalized spacial score (nSPS) is 10.3. The largest absolute Gasteiger partial charge is 0.499 e. The van der Waals surface area contributed by atoms with E-state index in [-0.39, 0.29) is 17.5 Å². The van der Waals surface area contributed by atoms with Crippen molar-refractivity contribution in [1.29, 1.82) is 0 Å². The first-order chi connectivity index (χ1) is 11.2. The first kappa shape index (κ1) is 14.8. The summed E-state index contributed by atoms with van der Waals surface area (Å²) in [5, 5.41) is 10.2. The van der Waals surface area contributed by atoms with Gasteiger partial charge in [-0.05, 0) is 36.8 Å². The van der Waals surface area contributed by atoms with E-state index in [1.54, 1.807) is 24.4 Å². The number of aromatic hydroxyl groups is 1. The summed E-state index contributed by atoms with van der Waals surface area (Å²) in [6, 6.07) is 12.8. The zero-order valence-corrected chi connectivity index (χ0v) is 12.7. The van der Waals surface area contributed by atoms with Crippen molar-refractivity contribution in [2.24, 2.45) is 0 Å². The Bertz CT molecular complexity index is 823. The maximum Gasteiger partial charge on any atom is 0.270 e. The SMILES string of the molecule is COc1nc(-c2ccccn2)nc(Oc2cccc(C)c2)c1O. The van der Waals surface area contributed by atoms with Gasteiger partial charge in [-0.1, -0.05) is 18.2 Å². The molecular weight excluding hydrogens is 294 g/mol. The lowest BCUT2D eigenvalue weighted by molar-refractivity contribution is 0.335. The molecule has 0 aliphatic carbocycles. The Balaban J connectivity index is 2.05. The molecule has 1 aromatic carbocycles. The highest BCUT2D eigenvalue weighted by Gasteiger charge is 2.18. The lowest BCUT2D eigenvalue weighted by Gasteiger charge is -2.11. The third-order valence-corrected chi connectivity index (χ3v) is 3.11. The van der Waals surface area contributed by atoms with Gasteiger partial charge in [0, 0.05) is 6.20 Å². The highest BCUT2D eigenvalue weighted by Crippen LogP contribution is 2.37. The standard InChI is InChI=1S/C17H15N3O3/c1-11-6-5-7-12(10-11)23-17-14(21)16(22-2)19-15(20-17)13-8-3-4-9-18-13/h3-10,21H,1-2H3. The molecule has 0 saturated heterocycles. The Morgan fingerprint density at radius 3 is 2.52 bits per heavy atom. The fraction of sp³-hybridized carbons (Fsp3) is 0.118. The summed E-state index contributed by atoms with van der Waals surface area (Å²) >= 11 is 0. The van der Waals surface area contributed by atoms with Gasteiger partial charge >= 0.3 is 0 Å². The second-order valence-corrected chi connectivity index (χ2v) is 4.84. The van der Waals surface area contributed by atoms with Crippen LogP contribution in [0.5, 0.6) is 23.3 Å². The van der Waals surface area contributed by atoms with Crippen molar-refractivity contribution in [3.05, 3.63) is 54.2 Å². The van der Waals surface area contributed by atoms with Gasteiger partial charge in [-0.3, -0.25) is 4.98 Å². The zero-order chi connectivity index (χ0) is 16.2. The smallest absolute Gasteiger partial charge is 0.270 e. The van der Waals surface area contributed by atoms with Crippen molar-refractivity contribution < 1.29 is 14.6 Å². The van der Waals surface area contributed by atoms with E-state index in [2.05, 4.69) is 15.0 Å². The van der Waals surface area contributed by atoms with Crippen LogP contribution in [0.1, 0.15) is 5.56 Å². The average molecular weight is 309 g/mol. The number of hydrogen-bond donors (Lipinski definition) is 1. The number of methoxy groups -OCH3 is 1. The summed E-state index contributed by atoms with van der Waals surface area (Å²) in [4.78, 5) is 12.6. The molecule has 3 aromatic rings. The van der Waals surface area contributed by atoms with E-state index in [4.69, 9.17) is 9.47 Å². The summed E-state index contributed by atoms with van der Waals surface area (Å²) < 4.78 is 10.8. The molecule has 0 saturated carbocycles. The lowest BCUT2D eigenvalue weighted by atomic mass is 10.2. The van der Waals surface area contributed by atoms with Crippen molar-refractivity contribution >= 4 is 0 Å². The quantitative estimate of drug-likeness (QED) is 0.796. The van der Waals surface area contributed by atoms with E-state index in [0.717, 1.165) is 5.56 Å². The highest BCUT2D eigenvalue weighted by molar-refractivity contribution is 5.55. The minimum atomic E-state index is -0.256. The Hall–Kier alpha value is -3.15. The molecule has 6 nitrogen and oxygen atoms in total. The van der Waals surface area contributed by atoms with Gasteiger partial charge in [0.1, 0.15) is 11.4 Å². The third-order valence-electron chi connectivity index (χ3n) is 3.11. The van der Waals surface area contributed by atoms with Crippen LogP contribution in [0, 0.1) is 6.92 Å². The molecule has 0 unspecified atom stereocenters. The molecule has 3 rings (SSSR count). The van der Waals surface area contributed by atoms with Crippen molar-refractivity contribution in [2.75, 3.05) is 7.11 Å². The summed E-state index contributed by atoms with van der Waals surface area (Å²) in [5.74, 6) is 0.663. The second-order valence-electron chi connectivity index (χ2n) is 4.84. The molecule has 0 spiro atoms. The molecule has 6 heteroatoms. The van der Waals surface area contributed by atoms with E-state index in [0.29, 0.717) is 17.3 Å². The Morgan fingerprint density at radius 1 is 1.00 bits per heavy atom. The van der Waals surface area contributed by atoms with Gasteiger partial charge in [0.25, 0.3) is 11.8 Å². The van der Waals surface area contributed by atoms with Gasteiger partial charge in [-0.2, -0.15) is 9.97 Å². The molecule has 23 heavy (non-hydrogen) atoms. The van der Waals surface area contributed by atoms with Gasteiger partial charge in [0.05, 0.1) is 7.11 Å². The maximum absolute atomic E-state index is 10.2. The van der Waals surface area contributed by atoms with Crippen LogP contribution in [-0.2, 0) is 0 Å². The summed E-state index contributed by atoms with van der Waals surface area (Å²) in [6.45, 7) is 1.95. The van der Waals surface area contributed by atoms with Gasteiger partial charge in [-0.25, -0.2) is 0 Å². The van der Waals surface area contributed by atoms with E-state index in [9.17, 15) is 5.11 Å². The molecule has 116 valence electrons. The van der Waals surface area contributed by atoms with Crippen LogP contribution < -0.4 is 9.47 Å². The zero-order valence-electron chi connectivity index (χ0n) is 12.7. The molecule has 0 atom stereocenters. The number of rotatable bonds is 4. The summed E-state index contributed by atoms with van der Waals surface area (Å²) in [6.07, 6.45) is 1.64. The first-order valence-electron chi connectivity index (χ1n) is 6.98. The molecule has 0 aliphatic rings. The predicted molar refractivity (Wildman–Crippen MR) is 84.7 cm³/mol. The van der Waals surface area contributed by atoms with E-state index in [1.807, 2.05) is 31.2 Å². The van der Waals surface area contributed by atoms with Gasteiger partial charge < -0.3 is 14.6 Å². The van der Waals surface area contributed by atoms with Crippen LogP contribution in [0.15, 0.2) is 48.7 Å². The van der Waals surface area contributed by atoms with E-state index < -0.39 is 0 Å². The predicted octanol–water partition coefficient (Wildman–Crippen LogP) is 3.35. The molecule has 0 amide bonds. The highest BCUT2D eigenvalue weighted by atomic mass is 16.5. The second kappa shape index (κ2) is 6.31. The van der Waals surface area contributed by atoms with Crippen molar-refractivity contribution in [3.63, 3.8) is 0 Å². The number of aryl methyl sites for hydroxylation is 1. The lowest BCUT2D eigenvalue weighted by Crippen LogP contribution is -1.99. The van der Waals surface area contributed by atoms with E-state index >= 15 is 0 Å². The van der Waals surface area contributed by atoms with Crippen LogP contribution in [0.2, 0.25) is 0 Å².